The van der Waals surface area contributed by atoms with Crippen molar-refractivity contribution in [2.24, 2.45) is 5.41 Å². The van der Waals surface area contributed by atoms with Crippen molar-refractivity contribution in [3.63, 3.8) is 0 Å². The minimum Gasteiger partial charge on any atom is -0.491 e. The number of fused-ring (bicyclic) bond motifs is 4. The van der Waals surface area contributed by atoms with Crippen molar-refractivity contribution in [3.8, 4) is 11.5 Å². The van der Waals surface area contributed by atoms with E-state index in [1.807, 2.05) is 27.7 Å². The molecule has 1 saturated heterocycles. The summed E-state index contributed by atoms with van der Waals surface area (Å²) in [4.78, 5) is 13.7. The van der Waals surface area contributed by atoms with Gasteiger partial charge in [-0.1, -0.05) is 20.8 Å². The lowest BCUT2D eigenvalue weighted by Crippen LogP contribution is -2.48. The second-order valence-corrected chi connectivity index (χ2v) is 17.9. The topological polar surface area (TPSA) is 110 Å². The van der Waals surface area contributed by atoms with E-state index < -0.39 is 47.7 Å². The maximum absolute atomic E-state index is 13.7. The van der Waals surface area contributed by atoms with E-state index in [4.69, 9.17) is 23.1 Å². The maximum Gasteiger partial charge on any atom is 0.534 e. The minimum atomic E-state index is -5.89. The number of furan rings is 1. The molecule has 0 spiro atoms. The number of rotatable bonds is 8. The predicted molar refractivity (Wildman–Crippen MR) is 166 cm³/mol. The number of hydrogen-bond donors (Lipinski definition) is 0. The molecule has 3 atom stereocenters. The number of hydrogen-bond acceptors (Lipinski definition) is 9. The molecule has 0 bridgehead atoms. The summed E-state index contributed by atoms with van der Waals surface area (Å²) >= 11 is 0. The summed E-state index contributed by atoms with van der Waals surface area (Å²) in [6.07, 6.45) is -1.03. The van der Waals surface area contributed by atoms with Gasteiger partial charge in [0.1, 0.15) is 41.7 Å². The zero-order valence-electron chi connectivity index (χ0n) is 27.2. The lowest BCUT2D eigenvalue weighted by molar-refractivity contribution is -0.160. The lowest BCUT2D eigenvalue weighted by Gasteiger charge is -2.38. The monoisotopic (exact) mass is 684 g/mol. The first-order valence-electron chi connectivity index (χ1n) is 14.9. The van der Waals surface area contributed by atoms with Gasteiger partial charge in [0, 0.05) is 22.4 Å². The van der Waals surface area contributed by atoms with Crippen LogP contribution in [0.5, 0.6) is 11.5 Å². The number of alkyl halides is 3. The summed E-state index contributed by atoms with van der Waals surface area (Å²) < 4.78 is 97.2. The quantitative estimate of drug-likeness (QED) is 0.143. The summed E-state index contributed by atoms with van der Waals surface area (Å²) in [5.41, 5.74) is -5.40. The zero-order chi connectivity index (χ0) is 34.2. The molecule has 5 rings (SSSR count). The van der Waals surface area contributed by atoms with Crippen LogP contribution in [0.2, 0.25) is 13.1 Å². The summed E-state index contributed by atoms with van der Waals surface area (Å²) in [5, 5.41) is 0.322. The molecule has 1 fully saturated rings. The zero-order valence-corrected chi connectivity index (χ0v) is 29.2. The molecule has 1 aromatic heterocycles. The molecule has 2 aliphatic rings. The lowest BCUT2D eigenvalue weighted by atomic mass is 9.71. The molecule has 14 heteroatoms. The maximum atomic E-state index is 13.7. The Kier molecular flexibility index (Phi) is 8.50. The average Bonchev–Trinajstić information content (AvgIpc) is 3.44. The van der Waals surface area contributed by atoms with E-state index in [2.05, 4.69) is 38.0 Å². The van der Waals surface area contributed by atoms with Gasteiger partial charge < -0.3 is 27.2 Å². The third-order valence-corrected chi connectivity index (χ3v) is 9.88. The van der Waals surface area contributed by atoms with E-state index in [1.165, 1.54) is 6.07 Å². The van der Waals surface area contributed by atoms with Gasteiger partial charge in [0.2, 0.25) is 0 Å². The number of carbonyl (C=O) groups excluding carboxylic acids is 1. The highest BCUT2D eigenvalue weighted by molar-refractivity contribution is 7.88. The standard InChI is InChI=1S/C32H39F3O9SSi/c1-29(2,3)28(44-46(8)9)26-23(41-31(6,7)42-26)16-39-17-10-12-19-21(14-17)30(4,5)27-24(25(19)36)20-13-11-18(15-22(20)40-27)43-45(37,38)32(33,34)35/h10-15,23,26,28,46H,16H2,1-9H3/t23-,26?,28?/m1/s1. The van der Waals surface area contributed by atoms with Gasteiger partial charge in [-0.05, 0) is 82.1 Å². The van der Waals surface area contributed by atoms with Crippen molar-refractivity contribution in [3.05, 3.63) is 58.8 Å². The molecule has 0 N–H and O–H groups in total. The normalized spacial score (nSPS) is 21.7. The fourth-order valence-corrected chi connectivity index (χ4v) is 7.65. The Balaban J connectivity index is 1.43. The third kappa shape index (κ3) is 6.34. The molecule has 9 nitrogen and oxygen atoms in total. The molecule has 0 radical (unpaired) electrons. The van der Waals surface area contributed by atoms with E-state index in [0.717, 1.165) is 12.1 Å². The van der Waals surface area contributed by atoms with Crippen molar-refractivity contribution in [2.45, 2.75) is 96.6 Å². The Bertz CT molecular complexity index is 1770. The number of ketones is 1. The molecule has 1 aliphatic carbocycles. The number of halogens is 3. The fourth-order valence-electron chi connectivity index (χ4n) is 6.05. The van der Waals surface area contributed by atoms with Gasteiger partial charge in [0.15, 0.2) is 20.6 Å². The number of ether oxygens (including phenoxy) is 3. The summed E-state index contributed by atoms with van der Waals surface area (Å²) in [6, 6.07) is 8.52. The molecular weight excluding hydrogens is 645 g/mol. The van der Waals surface area contributed by atoms with Gasteiger partial charge in [-0.3, -0.25) is 4.79 Å². The van der Waals surface area contributed by atoms with E-state index in [-0.39, 0.29) is 46.9 Å². The molecule has 0 amide bonds. The van der Waals surface area contributed by atoms with Crippen LogP contribution in [0.15, 0.2) is 40.8 Å². The molecule has 3 aromatic rings. The van der Waals surface area contributed by atoms with Crippen LogP contribution in [-0.4, -0.2) is 59.5 Å². The van der Waals surface area contributed by atoms with Gasteiger partial charge in [0.25, 0.3) is 0 Å². The van der Waals surface area contributed by atoms with Gasteiger partial charge in [-0.15, -0.1) is 0 Å². The third-order valence-electron chi connectivity index (χ3n) is 8.06. The molecule has 46 heavy (non-hydrogen) atoms. The molecule has 252 valence electrons. The summed E-state index contributed by atoms with van der Waals surface area (Å²) in [7, 11) is -7.31. The second-order valence-electron chi connectivity index (χ2n) is 14.0. The van der Waals surface area contributed by atoms with E-state index in [1.54, 1.807) is 18.2 Å². The predicted octanol–water partition coefficient (Wildman–Crippen LogP) is 6.85. The average molecular weight is 685 g/mol. The van der Waals surface area contributed by atoms with Crippen LogP contribution >= 0.6 is 0 Å². The van der Waals surface area contributed by atoms with Gasteiger partial charge in [-0.25, -0.2) is 0 Å². The van der Waals surface area contributed by atoms with Crippen molar-refractivity contribution in [2.75, 3.05) is 6.61 Å². The molecule has 0 saturated carbocycles. The SMILES string of the molecule is C[SiH](C)OC(C1OC(C)(C)O[C@@H]1COc1ccc2c(c1)C(C)(C)c1oc3cc(OS(=O)(=O)C(F)(F)F)ccc3c1C2=O)C(C)(C)C. The van der Waals surface area contributed by atoms with Crippen molar-refractivity contribution < 1.29 is 53.6 Å². The van der Waals surface area contributed by atoms with Gasteiger partial charge in [-0.2, -0.15) is 21.6 Å². The molecule has 1 aliphatic heterocycles. The van der Waals surface area contributed by atoms with Gasteiger partial charge >= 0.3 is 15.6 Å². The first-order chi connectivity index (χ1) is 21.0. The Labute approximate surface area is 268 Å². The summed E-state index contributed by atoms with van der Waals surface area (Å²) in [6.45, 7) is 18.1. The summed E-state index contributed by atoms with van der Waals surface area (Å²) in [5.74, 6) is -1.00. The second kappa shape index (κ2) is 11.4. The van der Waals surface area contributed by atoms with Crippen LogP contribution in [0.25, 0.3) is 11.0 Å². The van der Waals surface area contributed by atoms with Crippen LogP contribution in [-0.2, 0) is 29.4 Å². The highest BCUT2D eigenvalue weighted by Crippen LogP contribution is 2.47. The van der Waals surface area contributed by atoms with Crippen LogP contribution in [0.4, 0.5) is 13.2 Å². The Morgan fingerprint density at radius 1 is 0.978 bits per heavy atom. The number of benzene rings is 2. The highest BCUT2D eigenvalue weighted by atomic mass is 32.2. The van der Waals surface area contributed by atoms with E-state index in [0.29, 0.717) is 22.3 Å². The molecule has 2 unspecified atom stereocenters. The Morgan fingerprint density at radius 3 is 2.24 bits per heavy atom. The molecule has 2 heterocycles. The largest absolute Gasteiger partial charge is 0.534 e. The first-order valence-corrected chi connectivity index (χ1v) is 19.1. The van der Waals surface area contributed by atoms with Crippen LogP contribution < -0.4 is 8.92 Å². The van der Waals surface area contributed by atoms with Crippen molar-refractivity contribution in [1.82, 2.24) is 0 Å². The number of carbonyl (C=O) groups is 1. The van der Waals surface area contributed by atoms with Crippen LogP contribution in [0.1, 0.15) is 75.7 Å². The Hall–Kier alpha value is -2.91. The Morgan fingerprint density at radius 2 is 1.63 bits per heavy atom. The smallest absolute Gasteiger partial charge is 0.491 e. The van der Waals surface area contributed by atoms with Crippen LogP contribution in [0, 0.1) is 5.41 Å². The molecule has 2 aromatic carbocycles. The first kappa shape index (κ1) is 34.4. The highest BCUT2D eigenvalue weighted by Gasteiger charge is 2.50. The van der Waals surface area contributed by atoms with Crippen molar-refractivity contribution >= 4 is 35.9 Å². The minimum absolute atomic E-state index is 0.0118. The van der Waals surface area contributed by atoms with Crippen molar-refractivity contribution in [1.29, 1.82) is 0 Å². The molecular formula is C32H39F3O9SSi. The van der Waals surface area contributed by atoms with E-state index in [9.17, 15) is 26.4 Å². The van der Waals surface area contributed by atoms with E-state index >= 15 is 0 Å². The van der Waals surface area contributed by atoms with Gasteiger partial charge in [0.05, 0.1) is 11.7 Å². The van der Waals surface area contributed by atoms with Crippen LogP contribution in [0.3, 0.4) is 0 Å². The fraction of sp³-hybridized carbons (Fsp3) is 0.531.